The van der Waals surface area contributed by atoms with Crippen molar-refractivity contribution in [1.29, 1.82) is 0 Å². The average molecular weight is 344 g/mol. The molecule has 5 heteroatoms. The fourth-order valence-electron chi connectivity index (χ4n) is 3.30. The lowest BCUT2D eigenvalue weighted by Crippen LogP contribution is -2.39. The Bertz CT molecular complexity index is 775. The van der Waals surface area contributed by atoms with Crippen molar-refractivity contribution < 1.29 is 8.42 Å². The highest BCUT2D eigenvalue weighted by atomic mass is 32.2. The third-order valence-electron chi connectivity index (χ3n) is 4.55. The summed E-state index contributed by atoms with van der Waals surface area (Å²) in [6.07, 6.45) is 2.21. The number of hydrogen-bond acceptors (Lipinski definition) is 3. The summed E-state index contributed by atoms with van der Waals surface area (Å²) in [5.41, 5.74) is 1.65. The van der Waals surface area contributed by atoms with Gasteiger partial charge in [-0.2, -0.15) is 0 Å². The summed E-state index contributed by atoms with van der Waals surface area (Å²) >= 11 is 0. The van der Waals surface area contributed by atoms with Crippen LogP contribution in [0.5, 0.6) is 0 Å². The molecule has 0 amide bonds. The number of rotatable bonds is 5. The van der Waals surface area contributed by atoms with Crippen LogP contribution in [0.15, 0.2) is 59.5 Å². The van der Waals surface area contributed by atoms with Gasteiger partial charge >= 0.3 is 0 Å². The first kappa shape index (κ1) is 17.1. The molecule has 2 aromatic carbocycles. The van der Waals surface area contributed by atoms with Gasteiger partial charge in [-0.05, 0) is 44.0 Å². The second-order valence-electron chi connectivity index (χ2n) is 6.48. The maximum atomic E-state index is 12.8. The number of nitrogens with one attached hydrogen (secondary N) is 1. The number of likely N-dealkylation sites (tertiary alicyclic amines) is 1. The first-order chi connectivity index (χ1) is 11.6. The van der Waals surface area contributed by atoms with E-state index in [0.717, 1.165) is 37.1 Å². The van der Waals surface area contributed by atoms with Crippen LogP contribution in [0, 0.1) is 5.92 Å². The van der Waals surface area contributed by atoms with Crippen LogP contribution >= 0.6 is 0 Å². The minimum absolute atomic E-state index is 0.348. The van der Waals surface area contributed by atoms with Crippen molar-refractivity contribution in [2.75, 3.05) is 26.7 Å². The summed E-state index contributed by atoms with van der Waals surface area (Å²) in [6, 6.07) is 16.8. The van der Waals surface area contributed by atoms with Crippen molar-refractivity contribution in [2.24, 2.45) is 5.92 Å². The zero-order valence-corrected chi connectivity index (χ0v) is 14.8. The Morgan fingerprint density at radius 1 is 1.08 bits per heavy atom. The summed E-state index contributed by atoms with van der Waals surface area (Å²) in [5, 5.41) is 0. The highest BCUT2D eigenvalue weighted by molar-refractivity contribution is 7.89. The topological polar surface area (TPSA) is 49.4 Å². The molecule has 3 rings (SSSR count). The van der Waals surface area contributed by atoms with Crippen LogP contribution in [0.25, 0.3) is 11.1 Å². The average Bonchev–Trinajstić information content (AvgIpc) is 2.61. The van der Waals surface area contributed by atoms with Crippen LogP contribution in [0.2, 0.25) is 0 Å². The predicted octanol–water partition coefficient (Wildman–Crippen LogP) is 2.97. The zero-order chi connectivity index (χ0) is 17.0. The lowest BCUT2D eigenvalue weighted by molar-refractivity contribution is 0.211. The van der Waals surface area contributed by atoms with E-state index in [4.69, 9.17) is 0 Å². The minimum Gasteiger partial charge on any atom is -0.306 e. The quantitative estimate of drug-likeness (QED) is 0.907. The van der Waals surface area contributed by atoms with E-state index < -0.39 is 10.0 Å². The monoisotopic (exact) mass is 344 g/mol. The van der Waals surface area contributed by atoms with Crippen LogP contribution < -0.4 is 4.72 Å². The lowest BCUT2D eigenvalue weighted by atomic mass is 9.99. The van der Waals surface area contributed by atoms with Gasteiger partial charge in [0.15, 0.2) is 0 Å². The zero-order valence-electron chi connectivity index (χ0n) is 14.0. The molecule has 1 atom stereocenters. The van der Waals surface area contributed by atoms with Gasteiger partial charge in [0.05, 0.1) is 4.90 Å². The number of sulfonamides is 1. The van der Waals surface area contributed by atoms with E-state index in [9.17, 15) is 8.42 Å². The molecule has 24 heavy (non-hydrogen) atoms. The Hall–Kier alpha value is -1.69. The van der Waals surface area contributed by atoms with E-state index in [0.29, 0.717) is 17.4 Å². The van der Waals surface area contributed by atoms with Crippen LogP contribution in [0.4, 0.5) is 0 Å². The van der Waals surface area contributed by atoms with Gasteiger partial charge in [0.1, 0.15) is 0 Å². The lowest BCUT2D eigenvalue weighted by Gasteiger charge is -2.29. The molecule has 1 N–H and O–H groups in total. The Morgan fingerprint density at radius 3 is 2.54 bits per heavy atom. The molecule has 1 aliphatic heterocycles. The number of piperidine rings is 1. The van der Waals surface area contributed by atoms with E-state index in [1.807, 2.05) is 42.5 Å². The highest BCUT2D eigenvalue weighted by Crippen LogP contribution is 2.27. The molecule has 1 heterocycles. The number of hydrogen-bond donors (Lipinski definition) is 1. The third kappa shape index (κ3) is 4.04. The molecule has 0 bridgehead atoms. The van der Waals surface area contributed by atoms with Crippen molar-refractivity contribution in [2.45, 2.75) is 17.7 Å². The van der Waals surface area contributed by atoms with Gasteiger partial charge < -0.3 is 4.90 Å². The largest absolute Gasteiger partial charge is 0.306 e. The maximum absolute atomic E-state index is 12.8. The van der Waals surface area contributed by atoms with E-state index in [-0.39, 0.29) is 0 Å². The first-order valence-electron chi connectivity index (χ1n) is 8.39. The van der Waals surface area contributed by atoms with Gasteiger partial charge in [-0.1, -0.05) is 48.5 Å². The van der Waals surface area contributed by atoms with E-state index >= 15 is 0 Å². The van der Waals surface area contributed by atoms with Crippen LogP contribution in [-0.2, 0) is 10.0 Å². The molecule has 0 unspecified atom stereocenters. The van der Waals surface area contributed by atoms with E-state index in [1.54, 1.807) is 12.1 Å². The molecule has 128 valence electrons. The third-order valence-corrected chi connectivity index (χ3v) is 6.03. The first-order valence-corrected chi connectivity index (χ1v) is 9.87. The summed E-state index contributed by atoms with van der Waals surface area (Å²) in [6.45, 7) is 2.54. The number of benzene rings is 2. The molecule has 1 fully saturated rings. The van der Waals surface area contributed by atoms with Crippen molar-refractivity contribution in [3.05, 3.63) is 54.6 Å². The Kier molecular flexibility index (Phi) is 5.33. The Labute approximate surface area is 144 Å². The van der Waals surface area contributed by atoms with Crippen molar-refractivity contribution in [3.63, 3.8) is 0 Å². The number of nitrogens with zero attached hydrogens (tertiary/aromatic N) is 1. The summed E-state index contributed by atoms with van der Waals surface area (Å²) in [5.74, 6) is 0.377. The molecule has 1 saturated heterocycles. The minimum atomic E-state index is -3.52. The highest BCUT2D eigenvalue weighted by Gasteiger charge is 2.22. The molecule has 1 aliphatic rings. The SMILES string of the molecule is CN1CCC[C@@H](CNS(=O)(=O)c2ccccc2-c2ccccc2)C1. The molecular formula is C19H24N2O2S. The van der Waals surface area contributed by atoms with Gasteiger partial charge in [0, 0.05) is 18.7 Å². The van der Waals surface area contributed by atoms with E-state index in [1.165, 1.54) is 0 Å². The fourth-order valence-corrected chi connectivity index (χ4v) is 4.65. The maximum Gasteiger partial charge on any atom is 0.241 e. The van der Waals surface area contributed by atoms with Gasteiger partial charge in [-0.15, -0.1) is 0 Å². The molecule has 0 saturated carbocycles. The molecule has 4 nitrogen and oxygen atoms in total. The molecule has 0 spiro atoms. The molecule has 0 aliphatic carbocycles. The van der Waals surface area contributed by atoms with Crippen LogP contribution in [-0.4, -0.2) is 40.0 Å². The Morgan fingerprint density at radius 2 is 1.79 bits per heavy atom. The summed E-state index contributed by atoms with van der Waals surface area (Å²) in [4.78, 5) is 2.61. The fraction of sp³-hybridized carbons (Fsp3) is 0.368. The standard InChI is InChI=1S/C19H24N2O2S/c1-21-13-7-8-16(15-21)14-20-24(22,23)19-12-6-5-11-18(19)17-9-3-2-4-10-17/h2-6,9-12,16,20H,7-8,13-15H2,1H3/t16-/m0/s1. The summed E-state index contributed by atoms with van der Waals surface area (Å²) in [7, 11) is -1.44. The van der Waals surface area contributed by atoms with Crippen molar-refractivity contribution in [3.8, 4) is 11.1 Å². The van der Waals surface area contributed by atoms with Gasteiger partial charge in [0.2, 0.25) is 10.0 Å². The predicted molar refractivity (Wildman–Crippen MR) is 97.3 cm³/mol. The van der Waals surface area contributed by atoms with Crippen LogP contribution in [0.1, 0.15) is 12.8 Å². The van der Waals surface area contributed by atoms with Crippen molar-refractivity contribution in [1.82, 2.24) is 9.62 Å². The second-order valence-corrected chi connectivity index (χ2v) is 8.22. The normalized spacial score (nSPS) is 19.3. The second kappa shape index (κ2) is 7.47. The van der Waals surface area contributed by atoms with Gasteiger partial charge in [-0.25, -0.2) is 13.1 Å². The van der Waals surface area contributed by atoms with Crippen LogP contribution in [0.3, 0.4) is 0 Å². The molecule has 0 aromatic heterocycles. The van der Waals surface area contributed by atoms with Crippen molar-refractivity contribution >= 4 is 10.0 Å². The summed E-state index contributed by atoms with van der Waals surface area (Å²) < 4.78 is 28.5. The van der Waals surface area contributed by atoms with Gasteiger partial charge in [0.25, 0.3) is 0 Å². The molecule has 2 aromatic rings. The smallest absolute Gasteiger partial charge is 0.241 e. The van der Waals surface area contributed by atoms with Gasteiger partial charge in [-0.3, -0.25) is 0 Å². The molecule has 0 radical (unpaired) electrons. The molecular weight excluding hydrogens is 320 g/mol. The van der Waals surface area contributed by atoms with E-state index in [2.05, 4.69) is 16.7 Å². The Balaban J connectivity index is 1.80.